The molecule has 0 aliphatic heterocycles. The lowest BCUT2D eigenvalue weighted by Crippen LogP contribution is -2.35. The molecular formula is C15H22N2OS. The molecule has 1 aromatic carbocycles. The molecule has 0 spiro atoms. The summed E-state index contributed by atoms with van der Waals surface area (Å²) in [4.78, 5) is 2.39. The minimum Gasteiger partial charge on any atom is -0.383 e. The zero-order valence-electron chi connectivity index (χ0n) is 11.6. The Hall–Kier alpha value is -0.940. The number of nitrogens with two attached hydrogens (primary N) is 1. The van der Waals surface area contributed by atoms with Crippen molar-refractivity contribution < 1.29 is 4.74 Å². The monoisotopic (exact) mass is 278 g/mol. The molecule has 2 rings (SSSR count). The van der Waals surface area contributed by atoms with Crippen molar-refractivity contribution >= 4 is 21.4 Å². The average molecular weight is 278 g/mol. The van der Waals surface area contributed by atoms with Crippen molar-refractivity contribution in [2.45, 2.75) is 13.0 Å². The van der Waals surface area contributed by atoms with Gasteiger partial charge >= 0.3 is 0 Å². The van der Waals surface area contributed by atoms with Gasteiger partial charge in [0.1, 0.15) is 0 Å². The Kier molecular flexibility index (Phi) is 5.34. The van der Waals surface area contributed by atoms with Gasteiger partial charge in [-0.05, 0) is 28.9 Å². The molecule has 0 bridgehead atoms. The molecule has 3 nitrogen and oxygen atoms in total. The quantitative estimate of drug-likeness (QED) is 0.846. The number of nitrogens with zero attached hydrogens (tertiary/aromatic N) is 1. The largest absolute Gasteiger partial charge is 0.383 e. The topological polar surface area (TPSA) is 38.5 Å². The zero-order valence-corrected chi connectivity index (χ0v) is 12.5. The van der Waals surface area contributed by atoms with E-state index >= 15 is 0 Å². The molecule has 19 heavy (non-hydrogen) atoms. The van der Waals surface area contributed by atoms with Crippen molar-refractivity contribution in [2.24, 2.45) is 5.73 Å². The Morgan fingerprint density at radius 1 is 1.37 bits per heavy atom. The van der Waals surface area contributed by atoms with Gasteiger partial charge < -0.3 is 10.5 Å². The molecule has 104 valence electrons. The molecule has 0 amide bonds. The third-order valence-corrected chi connectivity index (χ3v) is 4.50. The van der Waals surface area contributed by atoms with Gasteiger partial charge in [-0.1, -0.05) is 25.1 Å². The summed E-state index contributed by atoms with van der Waals surface area (Å²) < 4.78 is 6.53. The van der Waals surface area contributed by atoms with E-state index in [9.17, 15) is 0 Å². The molecule has 1 aromatic heterocycles. The van der Waals surface area contributed by atoms with Gasteiger partial charge in [-0.15, -0.1) is 11.3 Å². The smallest absolute Gasteiger partial charge is 0.0589 e. The minimum absolute atomic E-state index is 0.274. The van der Waals surface area contributed by atoms with Crippen LogP contribution in [0.25, 0.3) is 10.1 Å². The summed E-state index contributed by atoms with van der Waals surface area (Å²) in [6.45, 7) is 5.45. The lowest BCUT2D eigenvalue weighted by molar-refractivity contribution is 0.126. The van der Waals surface area contributed by atoms with Crippen LogP contribution in [-0.2, 0) is 4.74 Å². The van der Waals surface area contributed by atoms with Crippen molar-refractivity contribution in [2.75, 3.05) is 33.4 Å². The first-order valence-corrected chi connectivity index (χ1v) is 7.59. The molecule has 4 heteroatoms. The van der Waals surface area contributed by atoms with Gasteiger partial charge in [0, 0.05) is 30.9 Å². The van der Waals surface area contributed by atoms with E-state index in [2.05, 4.69) is 41.5 Å². The summed E-state index contributed by atoms with van der Waals surface area (Å²) >= 11 is 1.80. The molecule has 2 aromatic rings. The number of benzene rings is 1. The maximum Gasteiger partial charge on any atom is 0.0589 e. The average Bonchev–Trinajstić information content (AvgIpc) is 2.87. The highest BCUT2D eigenvalue weighted by atomic mass is 32.1. The van der Waals surface area contributed by atoms with Crippen LogP contribution in [0.4, 0.5) is 0 Å². The summed E-state index contributed by atoms with van der Waals surface area (Å²) in [5.41, 5.74) is 7.37. The van der Waals surface area contributed by atoms with Gasteiger partial charge in [0.25, 0.3) is 0 Å². The van der Waals surface area contributed by atoms with E-state index in [-0.39, 0.29) is 6.04 Å². The van der Waals surface area contributed by atoms with Gasteiger partial charge in [0.15, 0.2) is 0 Å². The van der Waals surface area contributed by atoms with Crippen LogP contribution in [-0.4, -0.2) is 38.3 Å². The van der Waals surface area contributed by atoms with E-state index < -0.39 is 0 Å². The van der Waals surface area contributed by atoms with Crippen molar-refractivity contribution in [1.82, 2.24) is 4.90 Å². The predicted octanol–water partition coefficient (Wildman–Crippen LogP) is 2.87. The summed E-state index contributed by atoms with van der Waals surface area (Å²) in [6.07, 6.45) is 0. The van der Waals surface area contributed by atoms with Crippen LogP contribution < -0.4 is 5.73 Å². The molecule has 0 fully saturated rings. The third-order valence-electron chi connectivity index (χ3n) is 3.52. The molecule has 1 atom stereocenters. The number of likely N-dealkylation sites (N-methyl/N-ethyl adjacent to an activating group) is 1. The number of thiophene rings is 1. The molecule has 2 N–H and O–H groups in total. The molecule has 0 saturated carbocycles. The highest BCUT2D eigenvalue weighted by Crippen LogP contribution is 2.32. The Labute approximate surface area is 119 Å². The van der Waals surface area contributed by atoms with E-state index in [1.807, 2.05) is 0 Å². The van der Waals surface area contributed by atoms with Crippen LogP contribution in [0.3, 0.4) is 0 Å². The van der Waals surface area contributed by atoms with Crippen LogP contribution >= 0.6 is 11.3 Å². The van der Waals surface area contributed by atoms with Gasteiger partial charge in [0.2, 0.25) is 0 Å². The van der Waals surface area contributed by atoms with Crippen LogP contribution in [0.15, 0.2) is 29.6 Å². The first-order valence-electron chi connectivity index (χ1n) is 6.71. The maximum absolute atomic E-state index is 6.03. The summed E-state index contributed by atoms with van der Waals surface area (Å²) in [5, 5.41) is 3.58. The number of methoxy groups -OCH3 is 1. The van der Waals surface area contributed by atoms with E-state index in [1.54, 1.807) is 18.4 Å². The minimum atomic E-state index is 0.274. The van der Waals surface area contributed by atoms with Gasteiger partial charge in [0.05, 0.1) is 6.61 Å². The number of rotatable bonds is 7. The highest BCUT2D eigenvalue weighted by molar-refractivity contribution is 7.17. The predicted molar refractivity (Wildman–Crippen MR) is 82.7 cm³/mol. The number of hydrogen-bond acceptors (Lipinski definition) is 4. The van der Waals surface area contributed by atoms with Crippen LogP contribution in [0.2, 0.25) is 0 Å². The highest BCUT2D eigenvalue weighted by Gasteiger charge is 2.20. The number of hydrogen-bond donors (Lipinski definition) is 1. The Balaban J connectivity index is 2.29. The SMILES string of the molecule is CCN(CCOC)C(CN)c1csc2ccccc12. The Morgan fingerprint density at radius 3 is 2.84 bits per heavy atom. The molecule has 0 radical (unpaired) electrons. The second-order valence-corrected chi connectivity index (χ2v) is 5.47. The third kappa shape index (κ3) is 3.15. The lowest BCUT2D eigenvalue weighted by atomic mass is 10.0. The van der Waals surface area contributed by atoms with Gasteiger partial charge in [-0.25, -0.2) is 0 Å². The molecule has 0 saturated heterocycles. The second-order valence-electron chi connectivity index (χ2n) is 4.56. The van der Waals surface area contributed by atoms with Crippen molar-refractivity contribution in [3.05, 3.63) is 35.2 Å². The first kappa shape index (κ1) is 14.5. The Bertz CT molecular complexity index is 512. The standard InChI is InChI=1S/C15H22N2OS/c1-3-17(8-9-18-2)14(10-16)13-11-19-15-7-5-4-6-12(13)15/h4-7,11,14H,3,8-10,16H2,1-2H3. The van der Waals surface area contributed by atoms with E-state index in [4.69, 9.17) is 10.5 Å². The summed E-state index contributed by atoms with van der Waals surface area (Å²) in [5.74, 6) is 0. The van der Waals surface area contributed by atoms with Gasteiger partial charge in [-0.3, -0.25) is 4.90 Å². The summed E-state index contributed by atoms with van der Waals surface area (Å²) in [6, 6.07) is 8.81. The number of ether oxygens (including phenoxy) is 1. The van der Waals surface area contributed by atoms with Crippen molar-refractivity contribution in [3.63, 3.8) is 0 Å². The van der Waals surface area contributed by atoms with Crippen molar-refractivity contribution in [1.29, 1.82) is 0 Å². The van der Waals surface area contributed by atoms with Crippen LogP contribution in [0.1, 0.15) is 18.5 Å². The van der Waals surface area contributed by atoms with E-state index in [0.29, 0.717) is 6.54 Å². The summed E-state index contributed by atoms with van der Waals surface area (Å²) in [7, 11) is 1.74. The molecule has 0 aliphatic rings. The Morgan fingerprint density at radius 2 is 2.16 bits per heavy atom. The molecule has 0 aliphatic carbocycles. The van der Waals surface area contributed by atoms with Crippen LogP contribution in [0.5, 0.6) is 0 Å². The molecule has 1 heterocycles. The fourth-order valence-electron chi connectivity index (χ4n) is 2.47. The zero-order chi connectivity index (χ0) is 13.7. The lowest BCUT2D eigenvalue weighted by Gasteiger charge is -2.29. The second kappa shape index (κ2) is 7.01. The number of fused-ring (bicyclic) bond motifs is 1. The molecular weight excluding hydrogens is 256 g/mol. The molecule has 1 unspecified atom stereocenters. The first-order chi connectivity index (χ1) is 9.31. The fraction of sp³-hybridized carbons (Fsp3) is 0.467. The van der Waals surface area contributed by atoms with E-state index in [0.717, 1.165) is 19.7 Å². The van der Waals surface area contributed by atoms with Crippen LogP contribution in [0, 0.1) is 0 Å². The fourth-order valence-corrected chi connectivity index (χ4v) is 3.48. The van der Waals surface area contributed by atoms with Crippen molar-refractivity contribution in [3.8, 4) is 0 Å². The van der Waals surface area contributed by atoms with Gasteiger partial charge in [-0.2, -0.15) is 0 Å². The normalized spacial score (nSPS) is 13.3. The maximum atomic E-state index is 6.03. The van der Waals surface area contributed by atoms with E-state index in [1.165, 1.54) is 15.6 Å².